The molecule has 0 aliphatic carbocycles. The third kappa shape index (κ3) is 5.08. The van der Waals surface area contributed by atoms with E-state index in [1.54, 1.807) is 6.20 Å². The van der Waals surface area contributed by atoms with Crippen LogP contribution >= 0.6 is 0 Å². The fourth-order valence-corrected chi connectivity index (χ4v) is 3.05. The van der Waals surface area contributed by atoms with E-state index in [4.69, 9.17) is 4.74 Å². The van der Waals surface area contributed by atoms with E-state index in [0.717, 1.165) is 43.1 Å². The van der Waals surface area contributed by atoms with Crippen LogP contribution in [0.3, 0.4) is 0 Å². The molecule has 0 aromatic carbocycles. The fraction of sp³-hybridized carbons (Fsp3) is 0.722. The molecule has 6 heteroatoms. The molecule has 6 nitrogen and oxygen atoms in total. The standard InChI is InChI=1S/C18H30N4O2/c1-12-10-19-14(3)16(20-12)22-9-7-8-15(11-22)13(2)21-17(23)24-18(4,5)6/h10,13,15H,7-9,11H2,1-6H3,(H,21,23)/t13-,15-/m0/s1. The number of carbonyl (C=O) groups excluding carboxylic acids is 1. The van der Waals surface area contributed by atoms with Gasteiger partial charge in [-0.05, 0) is 60.3 Å². The maximum Gasteiger partial charge on any atom is 0.407 e. The summed E-state index contributed by atoms with van der Waals surface area (Å²) < 4.78 is 5.36. The third-order valence-corrected chi connectivity index (χ3v) is 4.26. The molecule has 0 unspecified atom stereocenters. The Morgan fingerprint density at radius 2 is 2.12 bits per heavy atom. The Balaban J connectivity index is 1.99. The number of piperidine rings is 1. The lowest BCUT2D eigenvalue weighted by Crippen LogP contribution is -2.47. The van der Waals surface area contributed by atoms with Crippen molar-refractivity contribution in [2.75, 3.05) is 18.0 Å². The second-order valence-electron chi connectivity index (χ2n) is 7.70. The van der Waals surface area contributed by atoms with Gasteiger partial charge in [0.25, 0.3) is 0 Å². The van der Waals surface area contributed by atoms with Crippen LogP contribution in [0.25, 0.3) is 0 Å². The molecule has 24 heavy (non-hydrogen) atoms. The molecule has 0 spiro atoms. The Bertz CT molecular complexity index is 583. The number of amides is 1. The average molecular weight is 334 g/mol. The zero-order valence-electron chi connectivity index (χ0n) is 15.7. The lowest BCUT2D eigenvalue weighted by molar-refractivity contribution is 0.0489. The van der Waals surface area contributed by atoms with Crippen molar-refractivity contribution in [1.82, 2.24) is 15.3 Å². The summed E-state index contributed by atoms with van der Waals surface area (Å²) in [5.74, 6) is 1.33. The number of aromatic nitrogens is 2. The van der Waals surface area contributed by atoms with Crippen LogP contribution in [-0.2, 0) is 4.74 Å². The lowest BCUT2D eigenvalue weighted by Gasteiger charge is -2.37. The number of ether oxygens (including phenoxy) is 1. The molecular weight excluding hydrogens is 304 g/mol. The highest BCUT2D eigenvalue weighted by molar-refractivity contribution is 5.68. The van der Waals surface area contributed by atoms with Crippen LogP contribution < -0.4 is 10.2 Å². The first-order chi connectivity index (χ1) is 11.2. The first-order valence-electron chi connectivity index (χ1n) is 8.70. The number of hydrogen-bond acceptors (Lipinski definition) is 5. The van der Waals surface area contributed by atoms with Crippen LogP contribution in [0.5, 0.6) is 0 Å². The lowest BCUT2D eigenvalue weighted by atomic mass is 9.91. The molecule has 1 aromatic heterocycles. The van der Waals surface area contributed by atoms with E-state index in [-0.39, 0.29) is 12.1 Å². The minimum Gasteiger partial charge on any atom is -0.444 e. The van der Waals surface area contributed by atoms with Gasteiger partial charge in [-0.1, -0.05) is 0 Å². The number of rotatable bonds is 3. The Labute approximate surface area is 145 Å². The van der Waals surface area contributed by atoms with Crippen LogP contribution in [0.2, 0.25) is 0 Å². The van der Waals surface area contributed by atoms with Crippen LogP contribution in [0.1, 0.15) is 51.9 Å². The number of hydrogen-bond donors (Lipinski definition) is 1. The van der Waals surface area contributed by atoms with Gasteiger partial charge in [-0.15, -0.1) is 0 Å². The SMILES string of the molecule is Cc1cnc(C)c(N2CCC[C@H]([C@H](C)NC(=O)OC(C)(C)C)C2)n1. The van der Waals surface area contributed by atoms with E-state index in [2.05, 4.69) is 20.2 Å². The molecular formula is C18H30N4O2. The molecule has 1 aliphatic rings. The molecule has 0 saturated carbocycles. The number of nitrogens with zero attached hydrogens (tertiary/aromatic N) is 3. The van der Waals surface area contributed by atoms with Crippen molar-refractivity contribution in [2.24, 2.45) is 5.92 Å². The number of carbonyl (C=O) groups is 1. The van der Waals surface area contributed by atoms with Gasteiger partial charge in [0.1, 0.15) is 11.4 Å². The predicted molar refractivity (Wildman–Crippen MR) is 95.3 cm³/mol. The van der Waals surface area contributed by atoms with Crippen LogP contribution in [0, 0.1) is 19.8 Å². The molecule has 1 aliphatic heterocycles. The quantitative estimate of drug-likeness (QED) is 0.919. The van der Waals surface area contributed by atoms with Crippen LogP contribution in [0.15, 0.2) is 6.20 Å². The predicted octanol–water partition coefficient (Wildman–Crippen LogP) is 3.22. The molecule has 1 fully saturated rings. The zero-order chi connectivity index (χ0) is 17.9. The van der Waals surface area contributed by atoms with Gasteiger partial charge in [0.2, 0.25) is 0 Å². The number of aryl methyl sites for hydroxylation is 2. The van der Waals surface area contributed by atoms with Gasteiger partial charge in [0.15, 0.2) is 0 Å². The van der Waals surface area contributed by atoms with E-state index in [9.17, 15) is 4.79 Å². The van der Waals surface area contributed by atoms with Crippen LogP contribution in [-0.4, -0.2) is 40.8 Å². The van der Waals surface area contributed by atoms with Gasteiger partial charge in [-0.25, -0.2) is 9.78 Å². The Morgan fingerprint density at radius 3 is 2.79 bits per heavy atom. The van der Waals surface area contributed by atoms with Crippen molar-refractivity contribution in [1.29, 1.82) is 0 Å². The normalized spacial score (nSPS) is 19.8. The van der Waals surface area contributed by atoms with E-state index in [1.165, 1.54) is 0 Å². The molecule has 0 bridgehead atoms. The smallest absolute Gasteiger partial charge is 0.407 e. The van der Waals surface area contributed by atoms with E-state index >= 15 is 0 Å². The van der Waals surface area contributed by atoms with E-state index < -0.39 is 5.60 Å². The largest absolute Gasteiger partial charge is 0.444 e. The summed E-state index contributed by atoms with van der Waals surface area (Å²) in [6.07, 6.45) is 3.62. The molecule has 0 radical (unpaired) electrons. The minimum atomic E-state index is -0.476. The Hall–Kier alpha value is -1.85. The van der Waals surface area contributed by atoms with Crippen molar-refractivity contribution in [2.45, 2.75) is 66.0 Å². The Kier molecular flexibility index (Phi) is 5.67. The molecule has 2 heterocycles. The maximum absolute atomic E-state index is 12.0. The van der Waals surface area contributed by atoms with Crippen molar-refractivity contribution in [3.63, 3.8) is 0 Å². The summed E-state index contributed by atoms with van der Waals surface area (Å²) in [4.78, 5) is 23.4. The number of nitrogens with one attached hydrogen (secondary N) is 1. The second-order valence-corrected chi connectivity index (χ2v) is 7.70. The number of alkyl carbamates (subject to hydrolysis) is 1. The summed E-state index contributed by atoms with van der Waals surface area (Å²) >= 11 is 0. The van der Waals surface area contributed by atoms with Crippen molar-refractivity contribution < 1.29 is 9.53 Å². The highest BCUT2D eigenvalue weighted by Gasteiger charge is 2.28. The summed E-state index contributed by atoms with van der Waals surface area (Å²) in [5, 5.41) is 2.98. The summed E-state index contributed by atoms with van der Waals surface area (Å²) in [6, 6.07) is 0.0562. The van der Waals surface area contributed by atoms with Gasteiger partial charge in [0, 0.05) is 25.3 Å². The second kappa shape index (κ2) is 7.36. The van der Waals surface area contributed by atoms with Crippen LogP contribution in [0.4, 0.5) is 10.6 Å². The highest BCUT2D eigenvalue weighted by atomic mass is 16.6. The van der Waals surface area contributed by atoms with Gasteiger partial charge in [-0.2, -0.15) is 0 Å². The third-order valence-electron chi connectivity index (χ3n) is 4.26. The van der Waals surface area contributed by atoms with E-state index in [1.807, 2.05) is 41.5 Å². The average Bonchev–Trinajstić information content (AvgIpc) is 2.48. The minimum absolute atomic E-state index is 0.0562. The monoisotopic (exact) mass is 334 g/mol. The zero-order valence-corrected chi connectivity index (χ0v) is 15.7. The Morgan fingerprint density at radius 1 is 1.42 bits per heavy atom. The molecule has 134 valence electrons. The van der Waals surface area contributed by atoms with Gasteiger partial charge in [-0.3, -0.25) is 4.98 Å². The molecule has 1 saturated heterocycles. The highest BCUT2D eigenvalue weighted by Crippen LogP contribution is 2.25. The summed E-state index contributed by atoms with van der Waals surface area (Å²) in [5.41, 5.74) is 1.41. The van der Waals surface area contributed by atoms with Crippen molar-refractivity contribution in [3.05, 3.63) is 17.6 Å². The van der Waals surface area contributed by atoms with E-state index in [0.29, 0.717) is 5.92 Å². The number of anilines is 1. The molecule has 1 aromatic rings. The fourth-order valence-electron chi connectivity index (χ4n) is 3.05. The summed E-state index contributed by atoms with van der Waals surface area (Å²) in [6.45, 7) is 13.5. The van der Waals surface area contributed by atoms with Gasteiger partial charge < -0.3 is 15.0 Å². The first-order valence-corrected chi connectivity index (χ1v) is 8.70. The first kappa shape index (κ1) is 18.5. The summed E-state index contributed by atoms with van der Waals surface area (Å²) in [7, 11) is 0. The molecule has 1 amide bonds. The van der Waals surface area contributed by atoms with Crippen molar-refractivity contribution >= 4 is 11.9 Å². The molecule has 2 atom stereocenters. The van der Waals surface area contributed by atoms with Crippen molar-refractivity contribution in [3.8, 4) is 0 Å². The molecule has 2 rings (SSSR count). The topological polar surface area (TPSA) is 67.4 Å². The van der Waals surface area contributed by atoms with Gasteiger partial charge >= 0.3 is 6.09 Å². The molecule has 1 N–H and O–H groups in total. The van der Waals surface area contributed by atoms with Gasteiger partial charge in [0.05, 0.1) is 11.4 Å². The maximum atomic E-state index is 12.0.